The molecule has 0 aliphatic heterocycles. The highest BCUT2D eigenvalue weighted by molar-refractivity contribution is 6.39. The number of aliphatic hydroxyl groups is 1. The number of carbonyl (C=O) groups excluding carboxylic acids is 2. The van der Waals surface area contributed by atoms with Crippen molar-refractivity contribution >= 4 is 17.5 Å². The fourth-order valence-corrected chi connectivity index (χ4v) is 2.05. The smallest absolute Gasteiger partial charge is 0.396 e. The summed E-state index contributed by atoms with van der Waals surface area (Å²) in [4.78, 5) is 23.6. The van der Waals surface area contributed by atoms with Gasteiger partial charge in [-0.25, -0.2) is 0 Å². The SMILES string of the molecule is Cc1c(NC(=O)C(=O)NCC(C)(C)CCO)cccc1C(F)(F)F. The molecule has 0 saturated heterocycles. The van der Waals surface area contributed by atoms with Gasteiger partial charge in [0.05, 0.1) is 5.56 Å². The molecule has 8 heteroatoms. The summed E-state index contributed by atoms with van der Waals surface area (Å²) in [7, 11) is 0. The van der Waals surface area contributed by atoms with Crippen LogP contribution in [0, 0.1) is 12.3 Å². The van der Waals surface area contributed by atoms with E-state index in [9.17, 15) is 22.8 Å². The van der Waals surface area contributed by atoms with Crippen molar-refractivity contribution in [1.82, 2.24) is 5.32 Å². The number of benzene rings is 1. The second kappa shape index (κ2) is 7.65. The lowest BCUT2D eigenvalue weighted by atomic mass is 9.90. The number of hydrogen-bond donors (Lipinski definition) is 3. The molecule has 0 unspecified atom stereocenters. The van der Waals surface area contributed by atoms with Gasteiger partial charge in [-0.3, -0.25) is 9.59 Å². The third-order valence-electron chi connectivity index (χ3n) is 3.61. The molecule has 0 atom stereocenters. The highest BCUT2D eigenvalue weighted by atomic mass is 19.4. The van der Waals surface area contributed by atoms with E-state index in [1.807, 2.05) is 0 Å². The molecule has 1 aromatic carbocycles. The van der Waals surface area contributed by atoms with Crippen LogP contribution in [0.4, 0.5) is 18.9 Å². The van der Waals surface area contributed by atoms with E-state index in [2.05, 4.69) is 10.6 Å². The van der Waals surface area contributed by atoms with Gasteiger partial charge in [-0.2, -0.15) is 13.2 Å². The molecule has 5 nitrogen and oxygen atoms in total. The van der Waals surface area contributed by atoms with E-state index in [4.69, 9.17) is 5.11 Å². The van der Waals surface area contributed by atoms with Crippen molar-refractivity contribution in [2.75, 3.05) is 18.5 Å². The van der Waals surface area contributed by atoms with Crippen LogP contribution in [0.1, 0.15) is 31.4 Å². The predicted octanol–water partition coefficient (Wildman–Crippen LogP) is 2.48. The summed E-state index contributed by atoms with van der Waals surface area (Å²) in [6.07, 6.45) is -4.11. The van der Waals surface area contributed by atoms with Crippen molar-refractivity contribution in [3.63, 3.8) is 0 Å². The first kappa shape index (κ1) is 20.0. The standard InChI is InChI=1S/C16H21F3N2O3/c1-10-11(16(17,18)19)5-4-6-12(10)21-14(24)13(23)20-9-15(2,3)7-8-22/h4-6,22H,7-9H2,1-3H3,(H,20,23)(H,21,24). The zero-order valence-electron chi connectivity index (χ0n) is 13.8. The van der Waals surface area contributed by atoms with Gasteiger partial charge in [-0.15, -0.1) is 0 Å². The van der Waals surface area contributed by atoms with Crippen LogP contribution < -0.4 is 10.6 Å². The molecular formula is C16H21F3N2O3. The van der Waals surface area contributed by atoms with E-state index in [1.54, 1.807) is 13.8 Å². The second-order valence-electron chi connectivity index (χ2n) is 6.25. The van der Waals surface area contributed by atoms with Crippen LogP contribution in [-0.2, 0) is 15.8 Å². The van der Waals surface area contributed by atoms with Crippen LogP contribution in [-0.4, -0.2) is 30.1 Å². The van der Waals surface area contributed by atoms with Gasteiger partial charge >= 0.3 is 18.0 Å². The Morgan fingerprint density at radius 3 is 2.33 bits per heavy atom. The monoisotopic (exact) mass is 346 g/mol. The van der Waals surface area contributed by atoms with Gasteiger partial charge < -0.3 is 15.7 Å². The van der Waals surface area contributed by atoms with Gasteiger partial charge in [-0.1, -0.05) is 19.9 Å². The molecule has 1 rings (SSSR count). The van der Waals surface area contributed by atoms with Crippen molar-refractivity contribution in [2.24, 2.45) is 5.41 Å². The molecule has 0 heterocycles. The number of aliphatic hydroxyl groups excluding tert-OH is 1. The Hall–Kier alpha value is -2.09. The minimum absolute atomic E-state index is 0.0570. The van der Waals surface area contributed by atoms with Crippen LogP contribution in [0.25, 0.3) is 0 Å². The van der Waals surface area contributed by atoms with E-state index in [0.717, 1.165) is 12.1 Å². The molecule has 1 aromatic rings. The summed E-state index contributed by atoms with van der Waals surface area (Å²) in [6, 6.07) is 3.36. The average molecular weight is 346 g/mol. The zero-order valence-corrected chi connectivity index (χ0v) is 13.8. The molecule has 0 spiro atoms. The molecule has 0 fully saturated rings. The number of halogens is 3. The Bertz CT molecular complexity index is 613. The van der Waals surface area contributed by atoms with E-state index in [0.29, 0.717) is 6.42 Å². The molecule has 0 bridgehead atoms. The second-order valence-corrected chi connectivity index (χ2v) is 6.25. The topological polar surface area (TPSA) is 78.4 Å². The molecule has 134 valence electrons. The Labute approximate surface area is 138 Å². The third kappa shape index (κ3) is 5.52. The molecular weight excluding hydrogens is 325 g/mol. The number of nitrogens with one attached hydrogen (secondary N) is 2. The van der Waals surface area contributed by atoms with Gasteiger partial charge in [0, 0.05) is 18.8 Å². The summed E-state index contributed by atoms with van der Waals surface area (Å²) in [6.45, 7) is 4.93. The van der Waals surface area contributed by atoms with E-state index < -0.39 is 29.0 Å². The van der Waals surface area contributed by atoms with Gasteiger partial charge in [0.15, 0.2) is 0 Å². The zero-order chi connectivity index (χ0) is 18.5. The van der Waals surface area contributed by atoms with Crippen LogP contribution in [0.3, 0.4) is 0 Å². The molecule has 0 radical (unpaired) electrons. The summed E-state index contributed by atoms with van der Waals surface area (Å²) >= 11 is 0. The first-order valence-corrected chi connectivity index (χ1v) is 7.35. The fourth-order valence-electron chi connectivity index (χ4n) is 2.05. The van der Waals surface area contributed by atoms with Crippen LogP contribution in [0.5, 0.6) is 0 Å². The highest BCUT2D eigenvalue weighted by Gasteiger charge is 2.33. The summed E-state index contributed by atoms with van der Waals surface area (Å²) < 4.78 is 38.5. The minimum Gasteiger partial charge on any atom is -0.396 e. The van der Waals surface area contributed by atoms with Gasteiger partial charge in [0.2, 0.25) is 0 Å². The maximum atomic E-state index is 12.8. The highest BCUT2D eigenvalue weighted by Crippen LogP contribution is 2.34. The van der Waals surface area contributed by atoms with Crippen molar-refractivity contribution in [3.8, 4) is 0 Å². The Morgan fingerprint density at radius 2 is 1.79 bits per heavy atom. The van der Waals surface area contributed by atoms with Gasteiger partial charge in [0.25, 0.3) is 0 Å². The van der Waals surface area contributed by atoms with Crippen molar-refractivity contribution in [1.29, 1.82) is 0 Å². The molecule has 0 aliphatic rings. The first-order chi connectivity index (χ1) is 11.0. The number of rotatable bonds is 5. The Balaban J connectivity index is 2.77. The number of carbonyl (C=O) groups is 2. The molecule has 24 heavy (non-hydrogen) atoms. The maximum absolute atomic E-state index is 12.8. The number of alkyl halides is 3. The van der Waals surface area contributed by atoms with Crippen molar-refractivity contribution in [2.45, 2.75) is 33.4 Å². The Kier molecular flexibility index (Phi) is 6.36. The van der Waals surface area contributed by atoms with Crippen molar-refractivity contribution in [3.05, 3.63) is 29.3 Å². The largest absolute Gasteiger partial charge is 0.416 e. The summed E-state index contributed by atoms with van der Waals surface area (Å²) in [5.74, 6) is -1.99. The number of amides is 2. The van der Waals surface area contributed by atoms with Gasteiger partial charge in [0.1, 0.15) is 0 Å². The lowest BCUT2D eigenvalue weighted by Crippen LogP contribution is -2.40. The van der Waals surface area contributed by atoms with Crippen molar-refractivity contribution < 1.29 is 27.9 Å². The van der Waals surface area contributed by atoms with E-state index in [-0.39, 0.29) is 24.4 Å². The average Bonchev–Trinajstić information content (AvgIpc) is 2.45. The molecule has 3 N–H and O–H groups in total. The molecule has 0 aromatic heterocycles. The fraction of sp³-hybridized carbons (Fsp3) is 0.500. The third-order valence-corrected chi connectivity index (χ3v) is 3.61. The van der Waals surface area contributed by atoms with Gasteiger partial charge in [-0.05, 0) is 36.5 Å². The normalized spacial score (nSPS) is 12.0. The number of hydrogen-bond acceptors (Lipinski definition) is 3. The van der Waals surface area contributed by atoms with Crippen LogP contribution >= 0.6 is 0 Å². The van der Waals surface area contributed by atoms with E-state index >= 15 is 0 Å². The summed E-state index contributed by atoms with van der Waals surface area (Å²) in [5.41, 5.74) is -1.51. The summed E-state index contributed by atoms with van der Waals surface area (Å²) in [5, 5.41) is 13.5. The maximum Gasteiger partial charge on any atom is 0.416 e. The predicted molar refractivity (Wildman–Crippen MR) is 83.3 cm³/mol. The minimum atomic E-state index is -4.54. The quantitative estimate of drug-likeness (QED) is 0.717. The van der Waals surface area contributed by atoms with Crippen LogP contribution in [0.15, 0.2) is 18.2 Å². The van der Waals surface area contributed by atoms with E-state index in [1.165, 1.54) is 13.0 Å². The Morgan fingerprint density at radius 1 is 1.17 bits per heavy atom. The molecule has 2 amide bonds. The molecule has 0 saturated carbocycles. The number of anilines is 1. The molecule has 0 aliphatic carbocycles. The first-order valence-electron chi connectivity index (χ1n) is 7.35. The lowest BCUT2D eigenvalue weighted by Gasteiger charge is -2.23. The van der Waals surface area contributed by atoms with Crippen LogP contribution in [0.2, 0.25) is 0 Å². The lowest BCUT2D eigenvalue weighted by molar-refractivity contribution is -0.138.